The second-order valence-corrected chi connectivity index (χ2v) is 5.24. The molecule has 0 aromatic heterocycles. The lowest BCUT2D eigenvalue weighted by atomic mass is 10.1. The van der Waals surface area contributed by atoms with Gasteiger partial charge in [-0.05, 0) is 31.2 Å². The molecule has 2 rings (SSSR count). The second kappa shape index (κ2) is 8.58. The Morgan fingerprint density at radius 1 is 1.08 bits per heavy atom. The molecular formula is C18H17FN2O4. The molecule has 2 aromatic rings. The predicted octanol–water partition coefficient (Wildman–Crippen LogP) is 2.05. The molecule has 0 saturated heterocycles. The number of anilines is 1. The van der Waals surface area contributed by atoms with Crippen molar-refractivity contribution in [2.24, 2.45) is 0 Å². The van der Waals surface area contributed by atoms with Crippen LogP contribution in [0.4, 0.5) is 10.1 Å². The molecule has 0 bridgehead atoms. The van der Waals surface area contributed by atoms with Crippen molar-refractivity contribution in [3.63, 3.8) is 0 Å². The van der Waals surface area contributed by atoms with Crippen LogP contribution >= 0.6 is 0 Å². The van der Waals surface area contributed by atoms with Gasteiger partial charge in [0.15, 0.2) is 6.61 Å². The van der Waals surface area contributed by atoms with Gasteiger partial charge in [0, 0.05) is 5.56 Å². The number of hydrogen-bond acceptors (Lipinski definition) is 4. The van der Waals surface area contributed by atoms with E-state index in [1.54, 1.807) is 24.3 Å². The summed E-state index contributed by atoms with van der Waals surface area (Å²) < 4.78 is 18.1. The topological polar surface area (TPSA) is 84.5 Å². The zero-order valence-electron chi connectivity index (χ0n) is 13.5. The number of hydrogen-bond donors (Lipinski definition) is 2. The Bertz CT molecular complexity index is 792. The van der Waals surface area contributed by atoms with Crippen LogP contribution in [0, 0.1) is 12.7 Å². The maximum absolute atomic E-state index is 13.4. The van der Waals surface area contributed by atoms with E-state index in [1.165, 1.54) is 18.2 Å². The van der Waals surface area contributed by atoms with E-state index < -0.39 is 30.2 Å². The molecule has 25 heavy (non-hydrogen) atoms. The number of para-hydroxylation sites is 1. The number of halogens is 1. The van der Waals surface area contributed by atoms with Gasteiger partial charge in [0.2, 0.25) is 0 Å². The van der Waals surface area contributed by atoms with Gasteiger partial charge in [0.25, 0.3) is 11.8 Å². The maximum atomic E-state index is 13.4. The Balaban J connectivity index is 1.74. The molecule has 2 N–H and O–H groups in total. The van der Waals surface area contributed by atoms with Crippen LogP contribution in [0.2, 0.25) is 0 Å². The van der Waals surface area contributed by atoms with Gasteiger partial charge in [0.1, 0.15) is 12.4 Å². The molecule has 7 heteroatoms. The number of amides is 2. The van der Waals surface area contributed by atoms with E-state index in [9.17, 15) is 18.8 Å². The minimum Gasteiger partial charge on any atom is -0.454 e. The van der Waals surface area contributed by atoms with E-state index in [4.69, 9.17) is 4.74 Å². The first-order chi connectivity index (χ1) is 12.0. The SMILES string of the molecule is Cc1cccc(C(=O)NCC(=O)OCC(=O)Nc2ccccc2F)c1. The molecule has 0 radical (unpaired) electrons. The fraction of sp³-hybridized carbons (Fsp3) is 0.167. The molecule has 0 aliphatic heterocycles. The molecule has 0 aliphatic carbocycles. The molecule has 0 heterocycles. The fourth-order valence-electron chi connectivity index (χ4n) is 1.99. The van der Waals surface area contributed by atoms with Crippen LogP contribution in [0.5, 0.6) is 0 Å². The van der Waals surface area contributed by atoms with Crippen molar-refractivity contribution in [3.05, 3.63) is 65.5 Å². The molecule has 0 unspecified atom stereocenters. The Morgan fingerprint density at radius 3 is 2.56 bits per heavy atom. The lowest BCUT2D eigenvalue weighted by Crippen LogP contribution is -2.32. The average molecular weight is 344 g/mol. The number of benzene rings is 2. The molecule has 0 fully saturated rings. The van der Waals surface area contributed by atoms with Crippen molar-refractivity contribution < 1.29 is 23.5 Å². The largest absolute Gasteiger partial charge is 0.454 e. The van der Waals surface area contributed by atoms with Crippen molar-refractivity contribution in [1.29, 1.82) is 0 Å². The molecule has 0 saturated carbocycles. The van der Waals surface area contributed by atoms with Gasteiger partial charge in [-0.2, -0.15) is 0 Å². The van der Waals surface area contributed by atoms with Gasteiger partial charge in [-0.15, -0.1) is 0 Å². The van der Waals surface area contributed by atoms with Crippen LogP contribution in [0.15, 0.2) is 48.5 Å². The number of rotatable bonds is 6. The fourth-order valence-corrected chi connectivity index (χ4v) is 1.99. The van der Waals surface area contributed by atoms with Gasteiger partial charge in [-0.3, -0.25) is 14.4 Å². The number of carbonyl (C=O) groups excluding carboxylic acids is 3. The van der Waals surface area contributed by atoms with E-state index in [-0.39, 0.29) is 12.2 Å². The van der Waals surface area contributed by atoms with Crippen LogP contribution in [0.25, 0.3) is 0 Å². The zero-order chi connectivity index (χ0) is 18.2. The highest BCUT2D eigenvalue weighted by molar-refractivity contribution is 5.96. The molecule has 130 valence electrons. The summed E-state index contributed by atoms with van der Waals surface area (Å²) in [6.45, 7) is 0.895. The summed E-state index contributed by atoms with van der Waals surface area (Å²) in [7, 11) is 0. The number of esters is 1. The molecule has 0 aliphatic rings. The van der Waals surface area contributed by atoms with Gasteiger partial charge in [-0.1, -0.05) is 29.8 Å². The monoisotopic (exact) mass is 344 g/mol. The van der Waals surface area contributed by atoms with Gasteiger partial charge >= 0.3 is 5.97 Å². The number of nitrogens with one attached hydrogen (secondary N) is 2. The quantitative estimate of drug-likeness (QED) is 0.786. The highest BCUT2D eigenvalue weighted by Crippen LogP contribution is 2.11. The molecule has 2 amide bonds. The predicted molar refractivity (Wildman–Crippen MR) is 89.5 cm³/mol. The normalized spacial score (nSPS) is 10.0. The van der Waals surface area contributed by atoms with Crippen molar-refractivity contribution in [2.45, 2.75) is 6.92 Å². The van der Waals surface area contributed by atoms with Gasteiger partial charge in [0.05, 0.1) is 5.69 Å². The first kappa shape index (κ1) is 18.1. The Morgan fingerprint density at radius 2 is 1.84 bits per heavy atom. The third-order valence-corrected chi connectivity index (χ3v) is 3.19. The van der Waals surface area contributed by atoms with Crippen molar-refractivity contribution in [1.82, 2.24) is 5.32 Å². The van der Waals surface area contributed by atoms with E-state index in [0.717, 1.165) is 5.56 Å². The van der Waals surface area contributed by atoms with Gasteiger partial charge < -0.3 is 15.4 Å². The molecule has 0 spiro atoms. The highest BCUT2D eigenvalue weighted by Gasteiger charge is 2.12. The first-order valence-corrected chi connectivity index (χ1v) is 7.50. The smallest absolute Gasteiger partial charge is 0.325 e. The van der Waals surface area contributed by atoms with E-state index in [1.807, 2.05) is 13.0 Å². The highest BCUT2D eigenvalue weighted by atomic mass is 19.1. The number of aryl methyl sites for hydroxylation is 1. The molecule has 2 aromatic carbocycles. The van der Waals surface area contributed by atoms with Crippen LogP contribution in [-0.4, -0.2) is 30.9 Å². The van der Waals surface area contributed by atoms with Crippen LogP contribution < -0.4 is 10.6 Å². The molecular weight excluding hydrogens is 327 g/mol. The summed E-state index contributed by atoms with van der Waals surface area (Å²) in [6.07, 6.45) is 0. The lowest BCUT2D eigenvalue weighted by Gasteiger charge is -2.08. The minimum absolute atomic E-state index is 0.00343. The molecule has 6 nitrogen and oxygen atoms in total. The average Bonchev–Trinajstić information content (AvgIpc) is 2.60. The standard InChI is InChI=1S/C18H17FN2O4/c1-12-5-4-6-13(9-12)18(24)20-10-17(23)25-11-16(22)21-15-8-3-2-7-14(15)19/h2-9H,10-11H2,1H3,(H,20,24)(H,21,22). The summed E-state index contributed by atoms with van der Waals surface area (Å²) in [5.41, 5.74) is 1.33. The summed E-state index contributed by atoms with van der Waals surface area (Å²) in [4.78, 5) is 35.1. The summed E-state index contributed by atoms with van der Waals surface area (Å²) in [5, 5.41) is 4.69. The Kier molecular flexibility index (Phi) is 6.22. The summed E-state index contributed by atoms with van der Waals surface area (Å²) in [6, 6.07) is 12.5. The Hall–Kier alpha value is -3.22. The minimum atomic E-state index is -0.773. The molecule has 0 atom stereocenters. The van der Waals surface area contributed by atoms with E-state index in [2.05, 4.69) is 10.6 Å². The van der Waals surface area contributed by atoms with Gasteiger partial charge in [-0.25, -0.2) is 4.39 Å². The van der Waals surface area contributed by atoms with Crippen molar-refractivity contribution in [3.8, 4) is 0 Å². The zero-order valence-corrected chi connectivity index (χ0v) is 13.5. The maximum Gasteiger partial charge on any atom is 0.325 e. The first-order valence-electron chi connectivity index (χ1n) is 7.50. The van der Waals surface area contributed by atoms with Crippen molar-refractivity contribution >= 4 is 23.5 Å². The summed E-state index contributed by atoms with van der Waals surface area (Å²) in [5.74, 6) is -2.46. The van der Waals surface area contributed by atoms with E-state index in [0.29, 0.717) is 5.56 Å². The Labute approximate surface area is 144 Å². The van der Waals surface area contributed by atoms with Crippen LogP contribution in [-0.2, 0) is 14.3 Å². The number of carbonyl (C=O) groups is 3. The second-order valence-electron chi connectivity index (χ2n) is 5.24. The third-order valence-electron chi connectivity index (χ3n) is 3.19. The van der Waals surface area contributed by atoms with Crippen LogP contribution in [0.1, 0.15) is 15.9 Å². The summed E-state index contributed by atoms with van der Waals surface area (Å²) >= 11 is 0. The lowest BCUT2D eigenvalue weighted by molar-refractivity contribution is -0.146. The van der Waals surface area contributed by atoms with E-state index >= 15 is 0 Å². The van der Waals surface area contributed by atoms with Crippen molar-refractivity contribution in [2.75, 3.05) is 18.5 Å². The third kappa shape index (κ3) is 5.72. The number of ether oxygens (including phenoxy) is 1. The van der Waals surface area contributed by atoms with Crippen LogP contribution in [0.3, 0.4) is 0 Å².